The number of aliphatic hydroxyl groups is 1. The minimum absolute atomic E-state index is 0.0512. The van der Waals surface area contributed by atoms with E-state index in [9.17, 15) is 19.5 Å². The predicted octanol–water partition coefficient (Wildman–Crippen LogP) is 1.80. The lowest BCUT2D eigenvalue weighted by Crippen LogP contribution is -2.35. The molecule has 0 radical (unpaired) electrons. The van der Waals surface area contributed by atoms with Gasteiger partial charge in [-0.05, 0) is 27.2 Å². The zero-order valence-electron chi connectivity index (χ0n) is 14.8. The molecule has 0 unspecified atom stereocenters. The van der Waals surface area contributed by atoms with Crippen LogP contribution >= 0.6 is 0 Å². The average molecular weight is 348 g/mol. The van der Waals surface area contributed by atoms with Crippen LogP contribution in [0.5, 0.6) is 0 Å². The van der Waals surface area contributed by atoms with Crippen LogP contribution in [0.4, 0.5) is 0 Å². The summed E-state index contributed by atoms with van der Waals surface area (Å²) in [5, 5.41) is 10.5. The Morgan fingerprint density at radius 1 is 1.28 bits per heavy atom. The molecule has 0 aromatic carbocycles. The third-order valence-corrected chi connectivity index (χ3v) is 5.23. The van der Waals surface area contributed by atoms with Crippen LogP contribution < -0.4 is 0 Å². The summed E-state index contributed by atoms with van der Waals surface area (Å²) in [4.78, 5) is 36.8. The molecule has 1 N–H and O–H groups in total. The van der Waals surface area contributed by atoms with E-state index in [1.807, 2.05) is 13.8 Å². The molecule has 2 fully saturated rings. The molecule has 6 heteroatoms. The largest absolute Gasteiger partial charge is 0.456 e. The van der Waals surface area contributed by atoms with Gasteiger partial charge in [-0.15, -0.1) is 0 Å². The van der Waals surface area contributed by atoms with E-state index in [4.69, 9.17) is 9.47 Å². The van der Waals surface area contributed by atoms with Gasteiger partial charge in [-0.25, -0.2) is 4.79 Å². The number of allylic oxidation sites excluding steroid dienone is 3. The van der Waals surface area contributed by atoms with Gasteiger partial charge in [-0.1, -0.05) is 17.2 Å². The minimum Gasteiger partial charge on any atom is -0.456 e. The molecular weight excluding hydrogens is 324 g/mol. The Morgan fingerprint density at radius 2 is 2.00 bits per heavy atom. The number of ketones is 2. The van der Waals surface area contributed by atoms with Crippen molar-refractivity contribution in [2.24, 2.45) is 0 Å². The topological polar surface area (TPSA) is 89.9 Å². The SMILES string of the molecule is CC(C)=C1C/C=C2\C(=O)O[C@H](C[C@@]3(C)CC(=O)[C@@H](CC(=O)C1)O3)[C@@H]2O. The lowest BCUT2D eigenvalue weighted by Gasteiger charge is -2.27. The van der Waals surface area contributed by atoms with Crippen LogP contribution in [0.1, 0.15) is 52.9 Å². The Hall–Kier alpha value is -1.79. The number of esters is 1. The lowest BCUT2D eigenvalue weighted by molar-refractivity contribution is -0.144. The zero-order valence-corrected chi connectivity index (χ0v) is 14.8. The van der Waals surface area contributed by atoms with Gasteiger partial charge < -0.3 is 14.6 Å². The van der Waals surface area contributed by atoms with E-state index in [1.165, 1.54) is 0 Å². The van der Waals surface area contributed by atoms with Gasteiger partial charge in [0.15, 0.2) is 5.78 Å². The summed E-state index contributed by atoms with van der Waals surface area (Å²) in [7, 11) is 0. The number of hydrogen-bond donors (Lipinski definition) is 1. The Morgan fingerprint density at radius 3 is 2.68 bits per heavy atom. The lowest BCUT2D eigenvalue weighted by atomic mass is 9.90. The summed E-state index contributed by atoms with van der Waals surface area (Å²) in [5.41, 5.74) is 1.26. The number of carbonyl (C=O) groups excluding carboxylic acids is 3. The number of ether oxygens (including phenoxy) is 2. The second-order valence-electron chi connectivity index (χ2n) is 7.68. The second-order valence-corrected chi connectivity index (χ2v) is 7.68. The highest BCUT2D eigenvalue weighted by Crippen LogP contribution is 2.38. The molecule has 4 bridgehead atoms. The standard InChI is InChI=1S/C19H24O6/c1-10(2)11-4-5-13-17(22)16(24-18(13)23)9-19(3)8-14(21)15(25-19)7-12(20)6-11/h5,15-17,22H,4,6-9H2,1-3H3/b13-5-/t15-,16-,17-,19-/m1/s1. The fourth-order valence-corrected chi connectivity index (χ4v) is 3.79. The summed E-state index contributed by atoms with van der Waals surface area (Å²) >= 11 is 0. The van der Waals surface area contributed by atoms with E-state index in [0.29, 0.717) is 6.42 Å². The smallest absolute Gasteiger partial charge is 0.336 e. The monoisotopic (exact) mass is 348 g/mol. The third-order valence-electron chi connectivity index (χ3n) is 5.23. The van der Waals surface area contributed by atoms with Crippen LogP contribution in [0.2, 0.25) is 0 Å². The van der Waals surface area contributed by atoms with Crippen molar-refractivity contribution in [2.75, 3.05) is 0 Å². The molecule has 0 aliphatic carbocycles. The summed E-state index contributed by atoms with van der Waals surface area (Å²) in [5.74, 6) is -0.704. The number of rotatable bonds is 0. The molecule has 0 aromatic rings. The van der Waals surface area contributed by atoms with E-state index >= 15 is 0 Å². The number of hydrogen-bond acceptors (Lipinski definition) is 6. The van der Waals surface area contributed by atoms with Gasteiger partial charge in [-0.3, -0.25) is 9.59 Å². The van der Waals surface area contributed by atoms with Crippen molar-refractivity contribution < 1.29 is 29.0 Å². The van der Waals surface area contributed by atoms with Crippen LogP contribution in [-0.2, 0) is 23.9 Å². The summed E-state index contributed by atoms with van der Waals surface area (Å²) in [6.45, 7) is 5.57. The quantitative estimate of drug-likeness (QED) is 0.530. The summed E-state index contributed by atoms with van der Waals surface area (Å²) in [6, 6.07) is 0. The maximum absolute atomic E-state index is 12.4. The summed E-state index contributed by atoms with van der Waals surface area (Å²) < 4.78 is 11.2. The van der Waals surface area contributed by atoms with E-state index in [1.54, 1.807) is 13.0 Å². The molecule has 4 atom stereocenters. The van der Waals surface area contributed by atoms with Gasteiger partial charge >= 0.3 is 5.97 Å². The molecule has 3 rings (SSSR count). The number of carbonyl (C=O) groups is 3. The zero-order chi connectivity index (χ0) is 18.4. The Kier molecular flexibility index (Phi) is 4.68. The van der Waals surface area contributed by atoms with Crippen LogP contribution in [-0.4, -0.2) is 46.6 Å². The second kappa shape index (κ2) is 6.50. The molecule has 136 valence electrons. The highest BCUT2D eigenvalue weighted by molar-refractivity contribution is 5.93. The number of fused-ring (bicyclic) bond motifs is 4. The first-order chi connectivity index (χ1) is 11.7. The van der Waals surface area contributed by atoms with Crippen LogP contribution in [0.15, 0.2) is 22.8 Å². The Bertz CT molecular complexity index is 684. The van der Waals surface area contributed by atoms with Crippen molar-refractivity contribution in [2.45, 2.75) is 76.8 Å². The molecule has 6 nitrogen and oxygen atoms in total. The molecule has 2 saturated heterocycles. The molecule has 3 aliphatic heterocycles. The van der Waals surface area contributed by atoms with Gasteiger partial charge in [-0.2, -0.15) is 0 Å². The maximum Gasteiger partial charge on any atom is 0.336 e. The molecular formula is C19H24O6. The van der Waals surface area contributed by atoms with Crippen molar-refractivity contribution in [3.63, 3.8) is 0 Å². The molecule has 25 heavy (non-hydrogen) atoms. The van der Waals surface area contributed by atoms with E-state index < -0.39 is 29.9 Å². The Labute approximate surface area is 146 Å². The van der Waals surface area contributed by atoms with Gasteiger partial charge in [0, 0.05) is 25.7 Å². The highest BCUT2D eigenvalue weighted by Gasteiger charge is 2.49. The third kappa shape index (κ3) is 3.60. The first kappa shape index (κ1) is 18.0. The molecule has 3 heterocycles. The predicted molar refractivity (Wildman–Crippen MR) is 88.7 cm³/mol. The first-order valence-corrected chi connectivity index (χ1v) is 8.65. The van der Waals surface area contributed by atoms with Gasteiger partial charge in [0.05, 0.1) is 11.2 Å². The van der Waals surface area contributed by atoms with Gasteiger partial charge in [0.2, 0.25) is 0 Å². The van der Waals surface area contributed by atoms with Crippen LogP contribution in [0.3, 0.4) is 0 Å². The fraction of sp³-hybridized carbons (Fsp3) is 0.632. The van der Waals surface area contributed by atoms with Crippen molar-refractivity contribution in [3.05, 3.63) is 22.8 Å². The van der Waals surface area contributed by atoms with Crippen molar-refractivity contribution in [1.29, 1.82) is 0 Å². The molecule has 0 saturated carbocycles. The van der Waals surface area contributed by atoms with E-state index in [-0.39, 0.29) is 42.8 Å². The number of Topliss-reactive ketones (excluding diaryl/α,β-unsaturated/α-hetero) is 2. The van der Waals surface area contributed by atoms with Crippen molar-refractivity contribution >= 4 is 17.5 Å². The van der Waals surface area contributed by atoms with Gasteiger partial charge in [0.1, 0.15) is 24.1 Å². The normalized spacial score (nSPS) is 38.4. The Balaban J connectivity index is 1.97. The minimum atomic E-state index is -1.04. The van der Waals surface area contributed by atoms with Crippen LogP contribution in [0.25, 0.3) is 0 Å². The van der Waals surface area contributed by atoms with E-state index in [0.717, 1.165) is 11.1 Å². The van der Waals surface area contributed by atoms with Gasteiger partial charge in [0.25, 0.3) is 0 Å². The maximum atomic E-state index is 12.4. The average Bonchev–Trinajstić information content (AvgIpc) is 2.91. The highest BCUT2D eigenvalue weighted by atomic mass is 16.6. The first-order valence-electron chi connectivity index (χ1n) is 8.65. The molecule has 0 spiro atoms. The van der Waals surface area contributed by atoms with Crippen molar-refractivity contribution in [3.8, 4) is 0 Å². The number of aliphatic hydroxyl groups excluding tert-OH is 1. The summed E-state index contributed by atoms with van der Waals surface area (Å²) in [6.07, 6.45) is 0.187. The molecule has 0 amide bonds. The molecule has 0 aromatic heterocycles. The fourth-order valence-electron chi connectivity index (χ4n) is 3.79. The molecule has 3 aliphatic rings. The van der Waals surface area contributed by atoms with E-state index in [2.05, 4.69) is 0 Å². The van der Waals surface area contributed by atoms with Crippen LogP contribution in [0, 0.1) is 0 Å². The van der Waals surface area contributed by atoms with Crippen molar-refractivity contribution in [1.82, 2.24) is 0 Å².